The SMILES string of the molecule is CN1CCC(C)(C)C1COc1nc(-c2c(F)cccc2OC(=O)OC(C)(C)C)c(Cl)c2c1C(=O)N1CCN(C(=O)O)C[C@@H]1CO2. The molecule has 2 aromatic rings. The van der Waals surface area contributed by atoms with Gasteiger partial charge in [-0.1, -0.05) is 31.5 Å². The summed E-state index contributed by atoms with van der Waals surface area (Å²) < 4.78 is 38.7. The predicted octanol–water partition coefficient (Wildman–Crippen LogP) is 5.16. The average molecular weight is 649 g/mol. The highest BCUT2D eigenvalue weighted by atomic mass is 35.5. The Bertz CT molecular complexity index is 1510. The molecule has 0 spiro atoms. The zero-order chi connectivity index (χ0) is 32.8. The van der Waals surface area contributed by atoms with E-state index < -0.39 is 35.6 Å². The maximum atomic E-state index is 15.6. The van der Waals surface area contributed by atoms with Gasteiger partial charge in [-0.05, 0) is 58.3 Å². The van der Waals surface area contributed by atoms with Gasteiger partial charge in [-0.3, -0.25) is 9.69 Å². The maximum absolute atomic E-state index is 15.6. The number of fused-ring (bicyclic) bond motifs is 2. The van der Waals surface area contributed by atoms with E-state index in [1.165, 1.54) is 21.9 Å². The van der Waals surface area contributed by atoms with Crippen molar-refractivity contribution in [3.8, 4) is 28.6 Å². The van der Waals surface area contributed by atoms with Crippen molar-refractivity contribution in [2.75, 3.05) is 46.4 Å². The maximum Gasteiger partial charge on any atom is 0.514 e. The first-order valence-corrected chi connectivity index (χ1v) is 15.1. The minimum Gasteiger partial charge on any atom is -0.489 e. The third-order valence-electron chi connectivity index (χ3n) is 8.43. The van der Waals surface area contributed by atoms with Crippen molar-refractivity contribution in [3.05, 3.63) is 34.6 Å². The third-order valence-corrected chi connectivity index (χ3v) is 8.78. The highest BCUT2D eigenvalue weighted by Crippen LogP contribution is 2.46. The average Bonchev–Trinajstić information content (AvgIpc) is 3.11. The minimum atomic E-state index is -1.10. The number of amides is 2. The number of pyridine rings is 1. The van der Waals surface area contributed by atoms with Gasteiger partial charge in [-0.25, -0.2) is 19.0 Å². The van der Waals surface area contributed by atoms with Crippen molar-refractivity contribution < 1.29 is 42.8 Å². The number of carbonyl (C=O) groups is 3. The van der Waals surface area contributed by atoms with Crippen LogP contribution in [0.1, 0.15) is 51.4 Å². The number of halogens is 2. The zero-order valence-electron chi connectivity index (χ0n) is 26.2. The lowest BCUT2D eigenvalue weighted by molar-refractivity contribution is 0.0206. The number of likely N-dealkylation sites (tertiary alicyclic amines) is 1. The van der Waals surface area contributed by atoms with Crippen LogP contribution in [0.15, 0.2) is 18.2 Å². The van der Waals surface area contributed by atoms with Crippen molar-refractivity contribution in [2.24, 2.45) is 5.41 Å². The summed E-state index contributed by atoms with van der Waals surface area (Å²) in [6.07, 6.45) is -1.22. The standard InChI is InChI=1S/C31H38ClFN4O8/c1-30(2,3)45-29(41)44-19-9-7-8-18(33)21(19)24-23(32)25-22(26(34-24)43-16-20-31(4,5)10-11-35(20)6)27(38)37-13-12-36(28(39)40)14-17(37)15-42-25/h7-9,17,20H,10-16H2,1-6H3,(H,39,40)/t17-,20?/m1/s1. The number of piperazine rings is 1. The van der Waals surface area contributed by atoms with Crippen LogP contribution in [0.3, 0.4) is 0 Å². The number of nitrogens with zero attached hydrogens (tertiary/aromatic N) is 4. The van der Waals surface area contributed by atoms with Crippen molar-refractivity contribution in [3.63, 3.8) is 0 Å². The predicted molar refractivity (Wildman–Crippen MR) is 162 cm³/mol. The first-order chi connectivity index (χ1) is 21.1. The lowest BCUT2D eigenvalue weighted by Crippen LogP contribution is -2.57. The monoisotopic (exact) mass is 648 g/mol. The van der Waals surface area contributed by atoms with Gasteiger partial charge in [-0.2, -0.15) is 0 Å². The number of rotatable bonds is 5. The lowest BCUT2D eigenvalue weighted by Gasteiger charge is -2.38. The Morgan fingerprint density at radius 3 is 2.58 bits per heavy atom. The largest absolute Gasteiger partial charge is 0.514 e. The third kappa shape index (κ3) is 6.60. The molecule has 244 valence electrons. The molecule has 3 aliphatic rings. The second-order valence-corrected chi connectivity index (χ2v) is 13.6. The topological polar surface area (TPSA) is 131 Å². The molecule has 0 bridgehead atoms. The molecule has 1 aromatic heterocycles. The highest BCUT2D eigenvalue weighted by molar-refractivity contribution is 6.35. The van der Waals surface area contributed by atoms with E-state index in [4.69, 9.17) is 30.5 Å². The van der Waals surface area contributed by atoms with Crippen LogP contribution in [-0.4, -0.2) is 107 Å². The van der Waals surface area contributed by atoms with Gasteiger partial charge in [0.25, 0.3) is 5.91 Å². The van der Waals surface area contributed by atoms with E-state index in [0.29, 0.717) is 0 Å². The van der Waals surface area contributed by atoms with Gasteiger partial charge in [0.15, 0.2) is 5.75 Å². The molecule has 2 saturated heterocycles. The number of benzene rings is 1. The van der Waals surface area contributed by atoms with Gasteiger partial charge < -0.3 is 33.9 Å². The van der Waals surface area contributed by atoms with Gasteiger partial charge in [0.05, 0.1) is 11.6 Å². The van der Waals surface area contributed by atoms with Gasteiger partial charge in [0, 0.05) is 25.7 Å². The van der Waals surface area contributed by atoms with Gasteiger partial charge >= 0.3 is 12.2 Å². The fourth-order valence-electron chi connectivity index (χ4n) is 5.95. The van der Waals surface area contributed by atoms with Crippen LogP contribution < -0.4 is 14.2 Å². The normalized spacial score (nSPS) is 21.4. The van der Waals surface area contributed by atoms with E-state index >= 15 is 4.39 Å². The molecule has 5 rings (SSSR count). The van der Waals surface area contributed by atoms with Crippen LogP contribution in [0.25, 0.3) is 11.3 Å². The fourth-order valence-corrected chi connectivity index (χ4v) is 6.24. The second kappa shape index (κ2) is 12.2. The number of carboxylic acid groups (broad SMARTS) is 1. The highest BCUT2D eigenvalue weighted by Gasteiger charge is 2.43. The smallest absolute Gasteiger partial charge is 0.489 e. The summed E-state index contributed by atoms with van der Waals surface area (Å²) in [5, 5.41) is 9.35. The van der Waals surface area contributed by atoms with E-state index in [9.17, 15) is 19.5 Å². The molecule has 4 heterocycles. The van der Waals surface area contributed by atoms with Crippen LogP contribution in [0.5, 0.6) is 17.4 Å². The van der Waals surface area contributed by atoms with Crippen LogP contribution in [0.2, 0.25) is 5.02 Å². The Morgan fingerprint density at radius 2 is 1.93 bits per heavy atom. The first-order valence-electron chi connectivity index (χ1n) is 14.7. The van der Waals surface area contributed by atoms with Crippen molar-refractivity contribution >= 4 is 29.8 Å². The summed E-state index contributed by atoms with van der Waals surface area (Å²) in [4.78, 5) is 47.9. The Hall–Kier alpha value is -3.84. The van der Waals surface area contributed by atoms with E-state index in [2.05, 4.69) is 23.7 Å². The van der Waals surface area contributed by atoms with Crippen LogP contribution in [0, 0.1) is 11.2 Å². The van der Waals surface area contributed by atoms with Gasteiger partial charge in [0.2, 0.25) is 5.88 Å². The zero-order valence-corrected chi connectivity index (χ0v) is 26.9. The number of ether oxygens (including phenoxy) is 4. The van der Waals surface area contributed by atoms with Crippen molar-refractivity contribution in [1.82, 2.24) is 19.7 Å². The Kier molecular flexibility index (Phi) is 8.80. The summed E-state index contributed by atoms with van der Waals surface area (Å²) in [6.45, 7) is 10.5. The number of likely N-dealkylation sites (N-methyl/N-ethyl adjacent to an activating group) is 1. The molecule has 2 atom stereocenters. The lowest BCUT2D eigenvalue weighted by atomic mass is 9.85. The molecule has 1 unspecified atom stereocenters. The number of aromatic nitrogens is 1. The number of hydrogen-bond acceptors (Lipinski definition) is 9. The van der Waals surface area contributed by atoms with Crippen LogP contribution >= 0.6 is 11.6 Å². The molecular formula is C31H38ClFN4O8. The molecule has 2 amide bonds. The van der Waals surface area contributed by atoms with Crippen molar-refractivity contribution in [1.29, 1.82) is 0 Å². The molecular weight excluding hydrogens is 611 g/mol. The summed E-state index contributed by atoms with van der Waals surface area (Å²) in [5.74, 6) is -1.72. The molecule has 45 heavy (non-hydrogen) atoms. The molecule has 2 fully saturated rings. The number of hydrogen-bond donors (Lipinski definition) is 1. The molecule has 14 heteroatoms. The van der Waals surface area contributed by atoms with Gasteiger partial charge in [0.1, 0.15) is 46.7 Å². The number of carbonyl (C=O) groups excluding carboxylic acids is 2. The molecule has 12 nitrogen and oxygen atoms in total. The Labute approximate surface area is 265 Å². The molecule has 1 aromatic carbocycles. The van der Waals surface area contributed by atoms with E-state index in [1.54, 1.807) is 20.8 Å². The Morgan fingerprint density at radius 1 is 1.20 bits per heavy atom. The fraction of sp³-hybridized carbons (Fsp3) is 0.548. The molecule has 0 radical (unpaired) electrons. The Balaban J connectivity index is 1.61. The summed E-state index contributed by atoms with van der Waals surface area (Å²) in [7, 11) is 1.99. The summed E-state index contributed by atoms with van der Waals surface area (Å²) in [5.41, 5.74) is -1.43. The molecule has 0 saturated carbocycles. The molecule has 3 aliphatic heterocycles. The van der Waals surface area contributed by atoms with Crippen LogP contribution in [0.4, 0.5) is 14.0 Å². The summed E-state index contributed by atoms with van der Waals surface area (Å²) in [6, 6.07) is 3.25. The van der Waals surface area contributed by atoms with Crippen molar-refractivity contribution in [2.45, 2.75) is 58.7 Å². The van der Waals surface area contributed by atoms with E-state index in [-0.39, 0.29) is 83.5 Å². The first kappa shape index (κ1) is 32.6. The van der Waals surface area contributed by atoms with Gasteiger partial charge in [-0.15, -0.1) is 0 Å². The minimum absolute atomic E-state index is 0.0257. The van der Waals surface area contributed by atoms with E-state index in [0.717, 1.165) is 19.0 Å². The quantitative estimate of drug-likeness (QED) is 0.343. The second-order valence-electron chi connectivity index (χ2n) is 13.2. The molecule has 0 aliphatic carbocycles. The summed E-state index contributed by atoms with van der Waals surface area (Å²) >= 11 is 6.87. The van der Waals surface area contributed by atoms with Crippen LogP contribution in [-0.2, 0) is 4.74 Å². The molecule has 1 N–H and O–H groups in total. The van der Waals surface area contributed by atoms with E-state index in [1.807, 2.05) is 7.05 Å².